The molecule has 3 aliphatic carbocycles. The molecule has 3 N–H and O–H groups in total. The normalized spacial score (nSPS) is 23.5. The maximum atomic E-state index is 2.36. The third-order valence-corrected chi connectivity index (χ3v) is 2.89. The SMILES string of the molecule is N.c1cc2c3cc1C3CCC2. The number of aryl methyl sites for hydroxylation is 1. The van der Waals surface area contributed by atoms with Crippen molar-refractivity contribution < 1.29 is 0 Å². The highest BCUT2D eigenvalue weighted by molar-refractivity contribution is 5.50. The highest BCUT2D eigenvalue weighted by atomic mass is 14.3. The Morgan fingerprint density at radius 3 is 2.82 bits per heavy atom. The maximum absolute atomic E-state index is 2.36. The van der Waals surface area contributed by atoms with Crippen LogP contribution in [0.5, 0.6) is 0 Å². The summed E-state index contributed by atoms with van der Waals surface area (Å²) in [5.41, 5.74) is 4.86. The fourth-order valence-corrected chi connectivity index (χ4v) is 2.28. The fraction of sp³-hybridized carbons (Fsp3) is 0.400. The first kappa shape index (κ1) is 6.86. The van der Waals surface area contributed by atoms with Crippen molar-refractivity contribution in [3.63, 3.8) is 0 Å². The van der Waals surface area contributed by atoms with Gasteiger partial charge in [-0.2, -0.15) is 0 Å². The van der Waals surface area contributed by atoms with Gasteiger partial charge < -0.3 is 6.15 Å². The van der Waals surface area contributed by atoms with Crippen molar-refractivity contribution in [2.75, 3.05) is 0 Å². The summed E-state index contributed by atoms with van der Waals surface area (Å²) in [4.78, 5) is 0. The molecule has 1 nitrogen and oxygen atoms in total. The summed E-state index contributed by atoms with van der Waals surface area (Å²) in [5.74, 6) is 0.869. The highest BCUT2D eigenvalue weighted by Crippen LogP contribution is 2.44. The lowest BCUT2D eigenvalue weighted by molar-refractivity contribution is 0.584. The third-order valence-electron chi connectivity index (χ3n) is 2.89. The van der Waals surface area contributed by atoms with Crippen LogP contribution in [-0.2, 0) is 6.42 Å². The molecule has 0 radical (unpaired) electrons. The zero-order valence-corrected chi connectivity index (χ0v) is 6.64. The Bertz CT molecular complexity index is 282. The molecule has 0 spiro atoms. The van der Waals surface area contributed by atoms with Crippen LogP contribution in [0.2, 0.25) is 0 Å². The predicted molar refractivity (Wildman–Crippen MR) is 46.2 cm³/mol. The van der Waals surface area contributed by atoms with Crippen LogP contribution in [0.15, 0.2) is 18.2 Å². The smallest absolute Gasteiger partial charge is 0.00923 e. The van der Waals surface area contributed by atoms with Crippen LogP contribution in [0.3, 0.4) is 0 Å². The van der Waals surface area contributed by atoms with Crippen molar-refractivity contribution in [3.05, 3.63) is 34.9 Å². The average Bonchev–Trinajstić information content (AvgIpc) is 1.96. The highest BCUT2D eigenvalue weighted by Gasteiger charge is 2.28. The molecule has 11 heavy (non-hydrogen) atoms. The lowest BCUT2D eigenvalue weighted by Gasteiger charge is -2.34. The Morgan fingerprint density at radius 1 is 1.27 bits per heavy atom. The Labute approximate surface area is 67.0 Å². The van der Waals surface area contributed by atoms with E-state index in [1.54, 1.807) is 16.7 Å². The van der Waals surface area contributed by atoms with E-state index in [4.69, 9.17) is 0 Å². The van der Waals surface area contributed by atoms with E-state index in [1.807, 2.05) is 0 Å². The van der Waals surface area contributed by atoms with E-state index in [0.717, 1.165) is 5.92 Å². The second kappa shape index (κ2) is 2.08. The number of fused-ring (bicyclic) bond motifs is 1. The summed E-state index contributed by atoms with van der Waals surface area (Å²) < 4.78 is 0. The van der Waals surface area contributed by atoms with Crippen molar-refractivity contribution in [1.29, 1.82) is 0 Å². The average molecular weight is 147 g/mol. The topological polar surface area (TPSA) is 35.0 Å². The number of benzene rings is 1. The molecule has 0 heterocycles. The molecule has 1 heteroatoms. The van der Waals surface area contributed by atoms with Crippen LogP contribution in [-0.4, -0.2) is 0 Å². The van der Waals surface area contributed by atoms with Gasteiger partial charge in [0.1, 0.15) is 0 Å². The summed E-state index contributed by atoms with van der Waals surface area (Å²) in [7, 11) is 0. The summed E-state index contributed by atoms with van der Waals surface area (Å²) >= 11 is 0. The van der Waals surface area contributed by atoms with Gasteiger partial charge in [-0.15, -0.1) is 0 Å². The molecule has 0 aliphatic heterocycles. The molecule has 3 aliphatic rings. The van der Waals surface area contributed by atoms with Gasteiger partial charge in [0.15, 0.2) is 0 Å². The summed E-state index contributed by atoms with van der Waals surface area (Å²) in [5, 5.41) is 0. The minimum atomic E-state index is 0. The van der Waals surface area contributed by atoms with E-state index in [1.165, 1.54) is 19.3 Å². The molecule has 1 unspecified atom stereocenters. The first-order valence-electron chi connectivity index (χ1n) is 4.08. The lowest BCUT2D eigenvalue weighted by Crippen LogP contribution is -2.18. The zero-order valence-electron chi connectivity index (χ0n) is 6.64. The van der Waals surface area contributed by atoms with Crippen LogP contribution in [0.25, 0.3) is 0 Å². The molecule has 0 saturated heterocycles. The van der Waals surface area contributed by atoms with Gasteiger partial charge in [-0.05, 0) is 36.0 Å². The summed E-state index contributed by atoms with van der Waals surface area (Å²) in [6.07, 6.45) is 4.15. The Hall–Kier alpha value is -0.820. The lowest BCUT2D eigenvalue weighted by atomic mass is 9.70. The molecule has 1 aromatic rings. The van der Waals surface area contributed by atoms with E-state index in [9.17, 15) is 0 Å². The van der Waals surface area contributed by atoms with Gasteiger partial charge in [-0.25, -0.2) is 0 Å². The number of rotatable bonds is 0. The molecule has 0 aromatic heterocycles. The van der Waals surface area contributed by atoms with Crippen molar-refractivity contribution in [1.82, 2.24) is 6.15 Å². The quantitative estimate of drug-likeness (QED) is 0.601. The molecular formula is C10H13N. The molecule has 4 rings (SSSR count). The fourth-order valence-electron chi connectivity index (χ4n) is 2.28. The van der Waals surface area contributed by atoms with E-state index >= 15 is 0 Å². The molecule has 58 valence electrons. The van der Waals surface area contributed by atoms with Crippen molar-refractivity contribution in [3.8, 4) is 0 Å². The van der Waals surface area contributed by atoms with Crippen LogP contribution in [0.1, 0.15) is 35.4 Å². The van der Waals surface area contributed by atoms with E-state index in [-0.39, 0.29) is 6.15 Å². The van der Waals surface area contributed by atoms with Crippen LogP contribution in [0, 0.1) is 0 Å². The molecular weight excluding hydrogens is 134 g/mol. The first-order chi connectivity index (χ1) is 4.95. The minimum Gasteiger partial charge on any atom is -0.344 e. The Kier molecular flexibility index (Phi) is 1.30. The standard InChI is InChI=1S/C10H10.H3N/c1-2-7-4-5-8-6-10(7)9(8)3-1;/h4-6,9H,1-3H2;1H3. The zero-order chi connectivity index (χ0) is 6.55. The molecule has 0 fully saturated rings. The van der Waals surface area contributed by atoms with Gasteiger partial charge in [0.05, 0.1) is 0 Å². The van der Waals surface area contributed by atoms with E-state index in [2.05, 4.69) is 18.2 Å². The van der Waals surface area contributed by atoms with E-state index in [0.29, 0.717) is 0 Å². The van der Waals surface area contributed by atoms with Gasteiger partial charge in [0.25, 0.3) is 0 Å². The van der Waals surface area contributed by atoms with Crippen molar-refractivity contribution in [2.24, 2.45) is 0 Å². The van der Waals surface area contributed by atoms with Crippen molar-refractivity contribution in [2.45, 2.75) is 25.2 Å². The molecule has 0 saturated carbocycles. The van der Waals surface area contributed by atoms with Gasteiger partial charge in [0.2, 0.25) is 0 Å². The number of hydrogen-bond acceptors (Lipinski definition) is 1. The monoisotopic (exact) mass is 147 g/mol. The molecule has 4 bridgehead atoms. The van der Waals surface area contributed by atoms with E-state index < -0.39 is 0 Å². The summed E-state index contributed by atoms with van der Waals surface area (Å²) in [6.45, 7) is 0. The van der Waals surface area contributed by atoms with Gasteiger partial charge in [-0.3, -0.25) is 0 Å². The number of hydrogen-bond donors (Lipinski definition) is 1. The Morgan fingerprint density at radius 2 is 2.18 bits per heavy atom. The van der Waals surface area contributed by atoms with Gasteiger partial charge >= 0.3 is 0 Å². The third kappa shape index (κ3) is 0.690. The minimum absolute atomic E-state index is 0. The first-order valence-corrected chi connectivity index (χ1v) is 4.08. The van der Waals surface area contributed by atoms with Gasteiger partial charge in [-0.1, -0.05) is 18.2 Å². The molecule has 1 atom stereocenters. The Balaban J connectivity index is 0.000000480. The molecule has 0 amide bonds. The largest absolute Gasteiger partial charge is 0.344 e. The van der Waals surface area contributed by atoms with Crippen LogP contribution in [0.4, 0.5) is 0 Å². The van der Waals surface area contributed by atoms with Crippen molar-refractivity contribution >= 4 is 0 Å². The second-order valence-corrected chi connectivity index (χ2v) is 3.40. The predicted octanol–water partition coefficient (Wildman–Crippen LogP) is 2.63. The molecule has 1 aromatic carbocycles. The van der Waals surface area contributed by atoms with Gasteiger partial charge in [0, 0.05) is 5.92 Å². The van der Waals surface area contributed by atoms with Crippen LogP contribution < -0.4 is 6.15 Å². The maximum Gasteiger partial charge on any atom is 0.00923 e. The summed E-state index contributed by atoms with van der Waals surface area (Å²) in [6, 6.07) is 6.96. The second-order valence-electron chi connectivity index (χ2n) is 3.40. The van der Waals surface area contributed by atoms with Crippen LogP contribution >= 0.6 is 0 Å².